The maximum absolute atomic E-state index is 12.4. The van der Waals surface area contributed by atoms with Gasteiger partial charge in [0.2, 0.25) is 0 Å². The first kappa shape index (κ1) is 19.2. The number of carbonyl (C=O) groups is 1. The molecule has 2 fully saturated rings. The van der Waals surface area contributed by atoms with Gasteiger partial charge in [0.25, 0.3) is 0 Å². The van der Waals surface area contributed by atoms with Crippen molar-refractivity contribution in [3.8, 4) is 0 Å². The standard InChI is InChI=1S/C21H29ClN2O2/c1-21(2,3)26-20(25)23-12-13-24-18(8-5-9-19(24)15-23)11-10-16-6-4-7-17(22)14-16/h4,6-7,10-11,14,18-19H,5,8-9,12-13,15H2,1-3H3/b11-10+/t18-,19?/m1/s1. The Morgan fingerprint density at radius 2 is 2.08 bits per heavy atom. The minimum atomic E-state index is -0.441. The average Bonchev–Trinajstić information content (AvgIpc) is 2.58. The number of hydrogen-bond donors (Lipinski definition) is 0. The number of halogens is 1. The number of ether oxygens (including phenoxy) is 1. The highest BCUT2D eigenvalue weighted by molar-refractivity contribution is 6.30. The number of piperidine rings is 1. The zero-order valence-corrected chi connectivity index (χ0v) is 16.7. The second-order valence-corrected chi connectivity index (χ2v) is 8.67. The quantitative estimate of drug-likeness (QED) is 0.741. The molecule has 0 N–H and O–H groups in total. The number of nitrogens with zero attached hydrogens (tertiary/aromatic N) is 2. The molecule has 26 heavy (non-hydrogen) atoms. The van der Waals surface area contributed by atoms with Crippen molar-refractivity contribution in [1.82, 2.24) is 9.80 Å². The van der Waals surface area contributed by atoms with Gasteiger partial charge in [-0.05, 0) is 57.7 Å². The molecule has 1 unspecified atom stereocenters. The summed E-state index contributed by atoms with van der Waals surface area (Å²) in [5.74, 6) is 0. The lowest BCUT2D eigenvalue weighted by Crippen LogP contribution is -2.59. The van der Waals surface area contributed by atoms with E-state index in [4.69, 9.17) is 16.3 Å². The van der Waals surface area contributed by atoms with Crippen molar-refractivity contribution in [3.63, 3.8) is 0 Å². The number of piperazine rings is 1. The molecule has 0 aliphatic carbocycles. The Hall–Kier alpha value is -1.52. The molecule has 2 saturated heterocycles. The van der Waals surface area contributed by atoms with Crippen LogP contribution in [0.3, 0.4) is 0 Å². The predicted octanol–water partition coefficient (Wildman–Crippen LogP) is 4.83. The van der Waals surface area contributed by atoms with E-state index in [0.717, 1.165) is 36.6 Å². The molecule has 0 bridgehead atoms. The van der Waals surface area contributed by atoms with Crippen molar-refractivity contribution in [2.45, 2.75) is 57.7 Å². The van der Waals surface area contributed by atoms with Gasteiger partial charge in [0, 0.05) is 36.7 Å². The molecule has 4 nitrogen and oxygen atoms in total. The molecule has 3 rings (SSSR count). The molecular weight excluding hydrogens is 348 g/mol. The normalized spacial score (nSPS) is 24.5. The first-order valence-electron chi connectivity index (χ1n) is 9.49. The lowest BCUT2D eigenvalue weighted by Gasteiger charge is -2.47. The second kappa shape index (κ2) is 8.01. The van der Waals surface area contributed by atoms with Crippen LogP contribution in [0.15, 0.2) is 30.3 Å². The third-order valence-corrected chi connectivity index (χ3v) is 5.24. The highest BCUT2D eigenvalue weighted by Crippen LogP contribution is 2.28. The molecule has 0 aromatic heterocycles. The summed E-state index contributed by atoms with van der Waals surface area (Å²) in [6.07, 6.45) is 7.77. The molecule has 0 radical (unpaired) electrons. The Labute approximate surface area is 161 Å². The number of amides is 1. The van der Waals surface area contributed by atoms with Crippen molar-refractivity contribution in [1.29, 1.82) is 0 Å². The van der Waals surface area contributed by atoms with Crippen LogP contribution in [0.2, 0.25) is 5.02 Å². The van der Waals surface area contributed by atoms with Crippen molar-refractivity contribution in [2.75, 3.05) is 19.6 Å². The molecule has 0 saturated carbocycles. The summed E-state index contributed by atoms with van der Waals surface area (Å²) in [4.78, 5) is 16.8. The van der Waals surface area contributed by atoms with Crippen LogP contribution in [0.5, 0.6) is 0 Å². The molecule has 2 heterocycles. The summed E-state index contributed by atoms with van der Waals surface area (Å²) in [5, 5.41) is 0.764. The molecular formula is C21H29ClN2O2. The van der Waals surface area contributed by atoms with Crippen LogP contribution in [0, 0.1) is 0 Å². The van der Waals surface area contributed by atoms with Crippen LogP contribution in [0.1, 0.15) is 45.6 Å². The molecule has 2 atom stereocenters. The SMILES string of the molecule is CC(C)(C)OC(=O)N1CCN2C(CCC[C@@H]2/C=C/c2cccc(Cl)c2)C1. The van der Waals surface area contributed by atoms with Crippen molar-refractivity contribution in [2.24, 2.45) is 0 Å². The molecule has 142 valence electrons. The molecule has 1 amide bonds. The molecule has 1 aromatic rings. The van der Waals surface area contributed by atoms with Crippen LogP contribution >= 0.6 is 11.6 Å². The predicted molar refractivity (Wildman–Crippen MR) is 106 cm³/mol. The summed E-state index contributed by atoms with van der Waals surface area (Å²) in [6.45, 7) is 8.13. The smallest absolute Gasteiger partial charge is 0.410 e. The second-order valence-electron chi connectivity index (χ2n) is 8.23. The Morgan fingerprint density at radius 1 is 1.27 bits per heavy atom. The summed E-state index contributed by atoms with van der Waals surface area (Å²) in [6, 6.07) is 8.77. The fraction of sp³-hybridized carbons (Fsp3) is 0.571. The van der Waals surface area contributed by atoms with Gasteiger partial charge in [-0.15, -0.1) is 0 Å². The maximum atomic E-state index is 12.4. The fourth-order valence-electron chi connectivity index (χ4n) is 3.82. The number of benzene rings is 1. The highest BCUT2D eigenvalue weighted by Gasteiger charge is 2.36. The van der Waals surface area contributed by atoms with Gasteiger partial charge in [0.15, 0.2) is 0 Å². The zero-order chi connectivity index (χ0) is 18.7. The first-order chi connectivity index (χ1) is 12.3. The van der Waals surface area contributed by atoms with Crippen molar-refractivity contribution < 1.29 is 9.53 Å². The molecule has 2 aliphatic rings. The lowest BCUT2D eigenvalue weighted by atomic mass is 9.93. The van der Waals surface area contributed by atoms with E-state index >= 15 is 0 Å². The van der Waals surface area contributed by atoms with Crippen LogP contribution in [0.4, 0.5) is 4.79 Å². The summed E-state index contributed by atoms with van der Waals surface area (Å²) >= 11 is 6.07. The van der Waals surface area contributed by atoms with Crippen LogP contribution < -0.4 is 0 Å². The van der Waals surface area contributed by atoms with Gasteiger partial charge in [-0.25, -0.2) is 4.79 Å². The first-order valence-corrected chi connectivity index (χ1v) is 9.87. The van der Waals surface area contributed by atoms with Crippen LogP contribution in [0.25, 0.3) is 6.08 Å². The third kappa shape index (κ3) is 5.01. The summed E-state index contributed by atoms with van der Waals surface area (Å²) in [7, 11) is 0. The fourth-order valence-corrected chi connectivity index (χ4v) is 4.02. The molecule has 1 aromatic carbocycles. The van der Waals surface area contributed by atoms with E-state index in [9.17, 15) is 4.79 Å². The van der Waals surface area contributed by atoms with Gasteiger partial charge in [0.05, 0.1) is 0 Å². The molecule has 5 heteroatoms. The van der Waals surface area contributed by atoms with Gasteiger partial charge in [0.1, 0.15) is 5.60 Å². The number of carbonyl (C=O) groups excluding carboxylic acids is 1. The average molecular weight is 377 g/mol. The largest absolute Gasteiger partial charge is 0.444 e. The van der Waals surface area contributed by atoms with Crippen LogP contribution in [-0.4, -0.2) is 53.2 Å². The monoisotopic (exact) mass is 376 g/mol. The Bertz CT molecular complexity index is 668. The minimum Gasteiger partial charge on any atom is -0.444 e. The Kier molecular flexibility index (Phi) is 5.93. The highest BCUT2D eigenvalue weighted by atomic mass is 35.5. The van der Waals surface area contributed by atoms with E-state index in [1.165, 1.54) is 12.8 Å². The van der Waals surface area contributed by atoms with Gasteiger partial charge in [-0.3, -0.25) is 4.90 Å². The summed E-state index contributed by atoms with van der Waals surface area (Å²) < 4.78 is 5.54. The van der Waals surface area contributed by atoms with Gasteiger partial charge >= 0.3 is 6.09 Å². The zero-order valence-electron chi connectivity index (χ0n) is 16.0. The van der Waals surface area contributed by atoms with E-state index < -0.39 is 5.60 Å². The minimum absolute atomic E-state index is 0.186. The Morgan fingerprint density at radius 3 is 2.81 bits per heavy atom. The topological polar surface area (TPSA) is 32.8 Å². The van der Waals surface area contributed by atoms with Gasteiger partial charge in [-0.2, -0.15) is 0 Å². The molecule has 2 aliphatic heterocycles. The lowest BCUT2D eigenvalue weighted by molar-refractivity contribution is -0.0101. The van der Waals surface area contributed by atoms with E-state index in [2.05, 4.69) is 23.1 Å². The van der Waals surface area contributed by atoms with Crippen molar-refractivity contribution in [3.05, 3.63) is 40.9 Å². The number of hydrogen-bond acceptors (Lipinski definition) is 3. The van der Waals surface area contributed by atoms with Crippen LogP contribution in [-0.2, 0) is 4.74 Å². The number of fused-ring (bicyclic) bond motifs is 1. The van der Waals surface area contributed by atoms with Crippen molar-refractivity contribution >= 4 is 23.8 Å². The maximum Gasteiger partial charge on any atom is 0.410 e. The Balaban J connectivity index is 1.62. The van der Waals surface area contributed by atoms with E-state index in [1.54, 1.807) is 0 Å². The van der Waals surface area contributed by atoms with E-state index in [1.807, 2.05) is 43.9 Å². The van der Waals surface area contributed by atoms with E-state index in [-0.39, 0.29) is 6.09 Å². The molecule has 0 spiro atoms. The van der Waals surface area contributed by atoms with Gasteiger partial charge in [-0.1, -0.05) is 35.9 Å². The van der Waals surface area contributed by atoms with E-state index in [0.29, 0.717) is 12.1 Å². The third-order valence-electron chi connectivity index (χ3n) is 5.00. The van der Waals surface area contributed by atoms with Gasteiger partial charge < -0.3 is 9.64 Å². The number of rotatable bonds is 2. The summed E-state index contributed by atoms with van der Waals surface area (Å²) in [5.41, 5.74) is 0.690.